The van der Waals surface area contributed by atoms with Crippen molar-refractivity contribution < 1.29 is 38.0 Å². The molecule has 0 amide bonds. The molecule has 0 aliphatic carbocycles. The maximum atomic E-state index is 5.98. The van der Waals surface area contributed by atoms with Gasteiger partial charge in [0, 0.05) is 26.5 Å². The molecule has 1 unspecified atom stereocenters. The molecule has 3 rings (SSSR count). The molecule has 0 N–H and O–H groups in total. The molecule has 0 bridgehead atoms. The Balaban J connectivity index is 0.00000208. The average Bonchev–Trinajstić information content (AvgIpc) is 2.87. The molecule has 0 radical (unpaired) electrons. The molecule has 0 saturated heterocycles. The van der Waals surface area contributed by atoms with Gasteiger partial charge in [-0.15, -0.1) is 0 Å². The van der Waals surface area contributed by atoms with Crippen LogP contribution >= 0.6 is 38.5 Å². The normalized spacial score (nSPS) is 17.6. The zero-order valence-corrected chi connectivity index (χ0v) is 19.5. The summed E-state index contributed by atoms with van der Waals surface area (Å²) >= 11 is 5.76. The highest BCUT2D eigenvalue weighted by atomic mass is 127. The molecule has 3 heterocycles. The number of hydrogen-bond donors (Lipinski definition) is 0. The number of halogens is 3. The Morgan fingerprint density at radius 2 is 2.17 bits per heavy atom. The van der Waals surface area contributed by atoms with E-state index in [0.29, 0.717) is 11.7 Å². The van der Waals surface area contributed by atoms with E-state index < -0.39 is 0 Å². The zero-order valence-electron chi connectivity index (χ0n) is 13.6. The summed E-state index contributed by atoms with van der Waals surface area (Å²) in [5, 5.41) is 0.993. The third-order valence-corrected chi connectivity index (χ3v) is 4.63. The van der Waals surface area contributed by atoms with E-state index in [4.69, 9.17) is 9.47 Å². The highest BCUT2D eigenvalue weighted by Crippen LogP contribution is 2.23. The van der Waals surface area contributed by atoms with Gasteiger partial charge in [0.25, 0.3) is 5.65 Å². The van der Waals surface area contributed by atoms with Gasteiger partial charge in [-0.05, 0) is 53.8 Å². The first-order chi connectivity index (χ1) is 10.9. The third-order valence-electron chi connectivity index (χ3n) is 3.21. The summed E-state index contributed by atoms with van der Waals surface area (Å²) in [6.45, 7) is 6.74. The number of fused-ring (bicyclic) bond motifs is 1. The van der Waals surface area contributed by atoms with Crippen LogP contribution in [0.3, 0.4) is 0 Å². The van der Waals surface area contributed by atoms with Crippen molar-refractivity contribution in [1.82, 2.24) is 9.97 Å². The van der Waals surface area contributed by atoms with E-state index in [-0.39, 0.29) is 35.7 Å². The molecular formula is C16H18BrI2N3O2. The maximum Gasteiger partial charge on any atom is 0.466 e. The van der Waals surface area contributed by atoms with E-state index in [1.165, 1.54) is 0 Å². The number of aromatic nitrogens is 2. The van der Waals surface area contributed by atoms with Gasteiger partial charge >= 0.3 is 11.9 Å². The smallest absolute Gasteiger partial charge is 0.466 e. The molecule has 0 aromatic carbocycles. The summed E-state index contributed by atoms with van der Waals surface area (Å²) in [6.07, 6.45) is 2.37. The molecule has 0 saturated carbocycles. The van der Waals surface area contributed by atoms with E-state index in [2.05, 4.69) is 48.5 Å². The second-order valence-corrected chi connectivity index (χ2v) is 8.15. The third kappa shape index (κ3) is 4.69. The van der Waals surface area contributed by atoms with Crippen molar-refractivity contribution in [2.45, 2.75) is 32.5 Å². The molecule has 8 heteroatoms. The second kappa shape index (κ2) is 7.98. The number of hydrogen-bond acceptors (Lipinski definition) is 4. The summed E-state index contributed by atoms with van der Waals surface area (Å²) in [5.74, 6) is 0.791. The van der Waals surface area contributed by atoms with Gasteiger partial charge in [0.05, 0.1) is 0 Å². The van der Waals surface area contributed by atoms with E-state index in [9.17, 15) is 0 Å². The van der Waals surface area contributed by atoms with Crippen LogP contribution in [-0.4, -0.2) is 43.3 Å². The van der Waals surface area contributed by atoms with Crippen LogP contribution in [0.1, 0.15) is 20.8 Å². The fraction of sp³-hybridized carbons (Fsp3) is 0.438. The van der Waals surface area contributed by atoms with Crippen LogP contribution in [0.4, 0.5) is 5.82 Å². The van der Waals surface area contributed by atoms with Gasteiger partial charge in [-0.25, -0.2) is 4.98 Å². The topological polar surface area (TPSA) is 47.2 Å². The van der Waals surface area contributed by atoms with Crippen LogP contribution in [0.15, 0.2) is 28.9 Å². The Morgan fingerprint density at radius 3 is 2.83 bits per heavy atom. The van der Waals surface area contributed by atoms with Crippen LogP contribution in [0.5, 0.6) is 0 Å². The summed E-state index contributed by atoms with van der Waals surface area (Å²) in [5.41, 5.74) is 0.381. The number of nitrogens with zero attached hydrogens (tertiary/aromatic N) is 3. The Kier molecular flexibility index (Phi) is 6.68. The number of ether oxygens (including phenoxy) is 2. The summed E-state index contributed by atoms with van der Waals surface area (Å²) in [7, 11) is 0. The molecule has 24 heavy (non-hydrogen) atoms. The first-order valence-corrected chi connectivity index (χ1v) is 9.66. The first kappa shape index (κ1) is 20.1. The van der Waals surface area contributed by atoms with Gasteiger partial charge in [0.1, 0.15) is 12.1 Å². The van der Waals surface area contributed by atoms with Crippen molar-refractivity contribution in [2.24, 2.45) is 0 Å². The number of rotatable bonds is 2. The van der Waals surface area contributed by atoms with Crippen molar-refractivity contribution in [1.29, 1.82) is 0 Å². The molecule has 2 aromatic rings. The van der Waals surface area contributed by atoms with Crippen LogP contribution in [0.25, 0.3) is 11.0 Å². The van der Waals surface area contributed by atoms with Crippen LogP contribution in [0, 0.1) is 0 Å². The molecule has 1 aliphatic heterocycles. The van der Waals surface area contributed by atoms with Gasteiger partial charge in [-0.1, -0.05) is 22.6 Å². The van der Waals surface area contributed by atoms with Crippen LogP contribution < -0.4 is 24.0 Å². The minimum absolute atomic E-state index is 0. The quantitative estimate of drug-likeness (QED) is 0.287. The molecular weight excluding hydrogens is 600 g/mol. The molecule has 1 atom stereocenters. The average molecular weight is 618 g/mol. The minimum Gasteiger partial charge on any atom is -1.00 e. The van der Waals surface area contributed by atoms with E-state index in [1.807, 2.05) is 43.5 Å². The monoisotopic (exact) mass is 617 g/mol. The van der Waals surface area contributed by atoms with Crippen molar-refractivity contribution in [3.8, 4) is 0 Å². The van der Waals surface area contributed by atoms with Gasteiger partial charge in [0.2, 0.25) is 0 Å². The number of alkyl halides is 1. The Hall–Kier alpha value is -0.230. The Labute approximate surface area is 180 Å². The zero-order chi connectivity index (χ0) is 16.6. The fourth-order valence-corrected chi connectivity index (χ4v) is 3.06. The first-order valence-electron chi connectivity index (χ1n) is 7.34. The molecule has 0 fully saturated rings. The molecule has 1 aliphatic rings. The predicted octanol–water partition coefficient (Wildman–Crippen LogP) is 1.05. The summed E-state index contributed by atoms with van der Waals surface area (Å²) in [6, 6.07) is 5.99. The highest BCUT2D eigenvalue weighted by Gasteiger charge is 2.35. The molecule has 2 aromatic heterocycles. The number of pyridine rings is 2. The lowest BCUT2D eigenvalue weighted by molar-refractivity contribution is -0.448. The maximum absolute atomic E-state index is 5.98. The Bertz CT molecular complexity index is 777. The summed E-state index contributed by atoms with van der Waals surface area (Å²) in [4.78, 5) is 9.03. The van der Waals surface area contributed by atoms with Crippen molar-refractivity contribution >= 4 is 61.5 Å². The van der Waals surface area contributed by atoms with Gasteiger partial charge in [-0.3, -0.25) is 0 Å². The van der Waals surface area contributed by atoms with Gasteiger partial charge in [0.15, 0.2) is 6.10 Å². The lowest BCUT2D eigenvalue weighted by Gasteiger charge is -2.19. The molecule has 0 spiro atoms. The predicted molar refractivity (Wildman–Crippen MR) is 102 cm³/mol. The fourth-order valence-electron chi connectivity index (χ4n) is 2.25. The second-order valence-electron chi connectivity index (χ2n) is 6.35. The molecule has 130 valence electrons. The van der Waals surface area contributed by atoms with E-state index >= 15 is 0 Å². The lowest BCUT2D eigenvalue weighted by Crippen LogP contribution is -3.00. The largest absolute Gasteiger partial charge is 1.00 e. The SMILES string of the molecule is CC(C)(C)OC1=[N+](c2ccc3cc(Br)cnc3n2)CC(CI)O1.[I-]. The van der Waals surface area contributed by atoms with E-state index in [1.54, 1.807) is 6.20 Å². The van der Waals surface area contributed by atoms with E-state index in [0.717, 1.165) is 26.6 Å². The van der Waals surface area contributed by atoms with Gasteiger partial charge in [-0.2, -0.15) is 4.58 Å². The van der Waals surface area contributed by atoms with Crippen molar-refractivity contribution in [3.05, 3.63) is 28.9 Å². The molecule has 5 nitrogen and oxygen atoms in total. The van der Waals surface area contributed by atoms with Crippen LogP contribution in [0.2, 0.25) is 0 Å². The van der Waals surface area contributed by atoms with Crippen molar-refractivity contribution in [2.75, 3.05) is 11.0 Å². The Morgan fingerprint density at radius 1 is 1.42 bits per heavy atom. The van der Waals surface area contributed by atoms with Gasteiger partial charge < -0.3 is 33.5 Å². The van der Waals surface area contributed by atoms with Crippen molar-refractivity contribution in [3.63, 3.8) is 0 Å². The summed E-state index contributed by atoms with van der Waals surface area (Å²) < 4.78 is 15.7. The minimum atomic E-state index is -0.326. The van der Waals surface area contributed by atoms with Crippen LogP contribution in [-0.2, 0) is 9.47 Å². The lowest BCUT2D eigenvalue weighted by atomic mass is 10.2. The standard InChI is InChI=1S/C16H18BrIN3O2.HI/c1-16(2,3)23-15-21(9-12(7-18)22-15)13-5-4-10-6-11(17)8-19-14(10)20-13;/h4-6,8,12H,7,9H2,1-3H3;1H/q+1;/p-1. The highest BCUT2D eigenvalue weighted by molar-refractivity contribution is 14.1.